The fourth-order valence-corrected chi connectivity index (χ4v) is 3.33. The number of imidazole rings is 1. The van der Waals surface area contributed by atoms with Crippen molar-refractivity contribution in [2.75, 3.05) is 5.43 Å². The first-order valence-electron chi connectivity index (χ1n) is 9.81. The standard InChI is InChI=1S/C21H19N7O5/c1-26-18-17(19(30)24-21(26)31)27(12-16(29)14-7-3-2-4-8-14)20(23-18)25-22-11-13-6-5-9-15(10-13)28(32)33/h2-11,16,29H,12H2,1H3,(H,23,25)(H,24,30,31). The second-order valence-corrected chi connectivity index (χ2v) is 7.19. The highest BCUT2D eigenvalue weighted by molar-refractivity contribution is 5.81. The van der Waals surface area contributed by atoms with Crippen molar-refractivity contribution in [1.82, 2.24) is 19.1 Å². The molecule has 0 spiro atoms. The highest BCUT2D eigenvalue weighted by atomic mass is 16.6. The summed E-state index contributed by atoms with van der Waals surface area (Å²) in [6, 6.07) is 14.7. The predicted molar refractivity (Wildman–Crippen MR) is 121 cm³/mol. The minimum Gasteiger partial charge on any atom is -0.387 e. The van der Waals surface area contributed by atoms with Gasteiger partial charge in [0.1, 0.15) is 0 Å². The molecule has 0 saturated carbocycles. The van der Waals surface area contributed by atoms with Crippen LogP contribution in [-0.2, 0) is 13.6 Å². The molecule has 33 heavy (non-hydrogen) atoms. The Kier molecular flexibility index (Phi) is 5.83. The molecule has 0 aliphatic heterocycles. The van der Waals surface area contributed by atoms with Crippen molar-refractivity contribution in [3.05, 3.63) is 96.7 Å². The van der Waals surface area contributed by atoms with Gasteiger partial charge >= 0.3 is 5.69 Å². The van der Waals surface area contributed by atoms with Gasteiger partial charge in [-0.2, -0.15) is 10.1 Å². The van der Waals surface area contributed by atoms with Crippen LogP contribution < -0.4 is 16.7 Å². The number of nitro groups is 1. The van der Waals surface area contributed by atoms with Gasteiger partial charge < -0.3 is 5.11 Å². The van der Waals surface area contributed by atoms with Crippen LogP contribution in [0.3, 0.4) is 0 Å². The Labute approximate surface area is 185 Å². The fraction of sp³-hybridized carbons (Fsp3) is 0.143. The summed E-state index contributed by atoms with van der Waals surface area (Å²) in [7, 11) is 1.46. The van der Waals surface area contributed by atoms with E-state index in [0.717, 1.165) is 0 Å². The number of aryl methyl sites for hydroxylation is 1. The zero-order valence-electron chi connectivity index (χ0n) is 17.4. The van der Waals surface area contributed by atoms with E-state index in [9.17, 15) is 24.8 Å². The molecule has 12 nitrogen and oxygen atoms in total. The van der Waals surface area contributed by atoms with Gasteiger partial charge in [-0.15, -0.1) is 0 Å². The third-order valence-electron chi connectivity index (χ3n) is 5.01. The van der Waals surface area contributed by atoms with Gasteiger partial charge in [0.05, 0.1) is 23.8 Å². The number of hydrogen-bond acceptors (Lipinski definition) is 8. The summed E-state index contributed by atoms with van der Waals surface area (Å²) in [6.07, 6.45) is 0.384. The van der Waals surface area contributed by atoms with Crippen molar-refractivity contribution in [2.24, 2.45) is 12.1 Å². The maximum Gasteiger partial charge on any atom is 0.329 e. The minimum absolute atomic E-state index is 0.0452. The maximum absolute atomic E-state index is 12.6. The van der Waals surface area contributed by atoms with Crippen molar-refractivity contribution in [3.63, 3.8) is 0 Å². The molecule has 12 heteroatoms. The average molecular weight is 449 g/mol. The second kappa shape index (κ2) is 8.88. The Bertz CT molecular complexity index is 1470. The number of aromatic nitrogens is 4. The van der Waals surface area contributed by atoms with E-state index in [1.54, 1.807) is 30.3 Å². The van der Waals surface area contributed by atoms with Gasteiger partial charge in [-0.3, -0.25) is 29.0 Å². The number of benzene rings is 2. The molecular formula is C21H19N7O5. The molecule has 1 atom stereocenters. The number of hydrazone groups is 1. The first-order valence-corrected chi connectivity index (χ1v) is 9.81. The van der Waals surface area contributed by atoms with Gasteiger partial charge in [0.15, 0.2) is 11.2 Å². The van der Waals surface area contributed by atoms with Crippen LogP contribution in [0.2, 0.25) is 0 Å². The number of aliphatic hydroxyl groups excluding tert-OH is 1. The molecule has 4 aromatic rings. The van der Waals surface area contributed by atoms with Crippen molar-refractivity contribution < 1.29 is 10.0 Å². The molecule has 2 aromatic carbocycles. The molecule has 0 radical (unpaired) electrons. The number of anilines is 1. The number of aromatic amines is 1. The average Bonchev–Trinajstić information content (AvgIpc) is 3.17. The van der Waals surface area contributed by atoms with Crippen LogP contribution in [0.25, 0.3) is 11.2 Å². The lowest BCUT2D eigenvalue weighted by atomic mass is 10.1. The Hall–Kier alpha value is -4.58. The van der Waals surface area contributed by atoms with Crippen LogP contribution in [0.5, 0.6) is 0 Å². The van der Waals surface area contributed by atoms with E-state index in [4.69, 9.17) is 0 Å². The summed E-state index contributed by atoms with van der Waals surface area (Å²) < 4.78 is 2.60. The van der Waals surface area contributed by atoms with Crippen LogP contribution in [0.4, 0.5) is 11.6 Å². The highest BCUT2D eigenvalue weighted by Gasteiger charge is 2.20. The molecule has 0 aliphatic carbocycles. The fourth-order valence-electron chi connectivity index (χ4n) is 3.33. The van der Waals surface area contributed by atoms with Crippen LogP contribution >= 0.6 is 0 Å². The largest absolute Gasteiger partial charge is 0.387 e. The molecule has 4 rings (SSSR count). The number of nitrogens with zero attached hydrogens (tertiary/aromatic N) is 5. The van der Waals surface area contributed by atoms with Crippen molar-refractivity contribution in [2.45, 2.75) is 12.6 Å². The highest BCUT2D eigenvalue weighted by Crippen LogP contribution is 2.21. The zero-order chi connectivity index (χ0) is 23.5. The van der Waals surface area contributed by atoms with E-state index in [1.807, 2.05) is 6.07 Å². The Morgan fingerprint density at radius 1 is 1.24 bits per heavy atom. The lowest BCUT2D eigenvalue weighted by Gasteiger charge is -2.14. The number of aliphatic hydroxyl groups is 1. The maximum atomic E-state index is 12.6. The molecule has 2 heterocycles. The van der Waals surface area contributed by atoms with Crippen molar-refractivity contribution >= 4 is 29.0 Å². The van der Waals surface area contributed by atoms with Crippen LogP contribution in [0, 0.1) is 10.1 Å². The van der Waals surface area contributed by atoms with E-state index in [2.05, 4.69) is 20.5 Å². The van der Waals surface area contributed by atoms with E-state index >= 15 is 0 Å². The van der Waals surface area contributed by atoms with Gasteiger partial charge in [-0.25, -0.2) is 10.2 Å². The minimum atomic E-state index is -0.971. The Morgan fingerprint density at radius 2 is 2.00 bits per heavy atom. The Balaban J connectivity index is 1.73. The van der Waals surface area contributed by atoms with E-state index in [1.165, 1.54) is 40.6 Å². The SMILES string of the molecule is Cn1c(=O)[nH]c(=O)c2c1nc(NN=Cc1cccc([N+](=O)[O-])c1)n2CC(O)c1ccccc1. The number of H-pyrrole nitrogens is 1. The first kappa shape index (κ1) is 21.6. The lowest BCUT2D eigenvalue weighted by molar-refractivity contribution is -0.384. The quantitative estimate of drug-likeness (QED) is 0.219. The van der Waals surface area contributed by atoms with Crippen molar-refractivity contribution in [1.29, 1.82) is 0 Å². The number of rotatable bonds is 7. The monoisotopic (exact) mass is 449 g/mol. The van der Waals surface area contributed by atoms with Crippen LogP contribution in [-0.4, -0.2) is 35.3 Å². The van der Waals surface area contributed by atoms with Gasteiger partial charge in [-0.05, 0) is 5.56 Å². The molecular weight excluding hydrogens is 430 g/mol. The summed E-state index contributed by atoms with van der Waals surface area (Å²) in [4.78, 5) is 41.6. The van der Waals surface area contributed by atoms with Gasteiger partial charge in [0.2, 0.25) is 5.95 Å². The number of hydrogen-bond donors (Lipinski definition) is 3. The molecule has 0 bridgehead atoms. The smallest absolute Gasteiger partial charge is 0.329 e. The predicted octanol–water partition coefficient (Wildman–Crippen LogP) is 1.51. The number of nitro benzene ring substituents is 1. The van der Waals surface area contributed by atoms with E-state index < -0.39 is 22.3 Å². The summed E-state index contributed by atoms with van der Waals surface area (Å²) >= 11 is 0. The third kappa shape index (κ3) is 4.41. The van der Waals surface area contributed by atoms with Gasteiger partial charge in [-0.1, -0.05) is 42.5 Å². The molecule has 3 N–H and O–H groups in total. The molecule has 2 aromatic heterocycles. The van der Waals surface area contributed by atoms with Crippen LogP contribution in [0.1, 0.15) is 17.2 Å². The van der Waals surface area contributed by atoms with Gasteiger partial charge in [0.25, 0.3) is 11.2 Å². The molecule has 0 amide bonds. The number of fused-ring (bicyclic) bond motifs is 1. The molecule has 0 saturated heterocycles. The molecule has 0 aliphatic rings. The second-order valence-electron chi connectivity index (χ2n) is 7.19. The molecule has 0 fully saturated rings. The summed E-state index contributed by atoms with van der Waals surface area (Å²) in [6.45, 7) is -0.0452. The molecule has 1 unspecified atom stereocenters. The van der Waals surface area contributed by atoms with E-state index in [0.29, 0.717) is 11.1 Å². The first-order chi connectivity index (χ1) is 15.8. The normalized spacial score (nSPS) is 12.3. The zero-order valence-corrected chi connectivity index (χ0v) is 17.4. The topological polar surface area (TPSA) is 160 Å². The summed E-state index contributed by atoms with van der Waals surface area (Å²) in [5.41, 5.74) is 2.62. The summed E-state index contributed by atoms with van der Waals surface area (Å²) in [5, 5.41) is 25.7. The van der Waals surface area contributed by atoms with Gasteiger partial charge in [0, 0.05) is 24.7 Å². The third-order valence-corrected chi connectivity index (χ3v) is 5.01. The van der Waals surface area contributed by atoms with Crippen molar-refractivity contribution in [3.8, 4) is 0 Å². The lowest BCUT2D eigenvalue weighted by Crippen LogP contribution is -2.29. The summed E-state index contributed by atoms with van der Waals surface area (Å²) in [5.74, 6) is 0.105. The number of non-ortho nitro benzene ring substituents is 1. The molecule has 168 valence electrons. The van der Waals surface area contributed by atoms with E-state index in [-0.39, 0.29) is 29.3 Å². The number of nitrogens with one attached hydrogen (secondary N) is 2. The Morgan fingerprint density at radius 3 is 2.73 bits per heavy atom. The van der Waals surface area contributed by atoms with Crippen LogP contribution in [0.15, 0.2) is 69.3 Å².